The fraction of sp³-hybridized carbons (Fsp3) is 0.238. The molecule has 3 aromatic rings. The van der Waals surface area contributed by atoms with Gasteiger partial charge in [0.05, 0.1) is 18.2 Å². The monoisotopic (exact) mass is 353 g/mol. The highest BCUT2D eigenvalue weighted by Crippen LogP contribution is 2.25. The van der Waals surface area contributed by atoms with E-state index in [2.05, 4.69) is 4.98 Å². The summed E-state index contributed by atoms with van der Waals surface area (Å²) in [5.74, 6) is -0.768. The number of esters is 1. The Labute approximate surface area is 151 Å². The van der Waals surface area contributed by atoms with Gasteiger partial charge >= 0.3 is 5.97 Å². The van der Waals surface area contributed by atoms with Gasteiger partial charge in [-0.15, -0.1) is 0 Å². The van der Waals surface area contributed by atoms with Crippen molar-refractivity contribution in [1.29, 1.82) is 0 Å². The largest absolute Gasteiger partial charge is 0.494 e. The molecule has 0 saturated heterocycles. The van der Waals surface area contributed by atoms with E-state index < -0.39 is 11.8 Å². The van der Waals surface area contributed by atoms with E-state index in [1.165, 1.54) is 19.2 Å². The number of methoxy groups -OCH3 is 1. The maximum absolute atomic E-state index is 13.8. The van der Waals surface area contributed by atoms with Crippen LogP contribution in [-0.4, -0.2) is 18.1 Å². The first-order chi connectivity index (χ1) is 12.5. The van der Waals surface area contributed by atoms with Crippen molar-refractivity contribution in [3.05, 3.63) is 70.7 Å². The summed E-state index contributed by atoms with van der Waals surface area (Å²) < 4.78 is 24.1. The third-order valence-corrected chi connectivity index (χ3v) is 4.36. The first-order valence-corrected chi connectivity index (χ1v) is 8.43. The zero-order valence-electron chi connectivity index (χ0n) is 15.0. The Morgan fingerprint density at radius 3 is 2.65 bits per heavy atom. The van der Waals surface area contributed by atoms with Crippen LogP contribution < -0.4 is 4.74 Å². The van der Waals surface area contributed by atoms with Gasteiger partial charge in [-0.05, 0) is 42.7 Å². The van der Waals surface area contributed by atoms with Crippen molar-refractivity contribution in [2.75, 3.05) is 7.11 Å². The number of pyridine rings is 1. The lowest BCUT2D eigenvalue weighted by atomic mass is 10.0. The van der Waals surface area contributed by atoms with Crippen LogP contribution in [0.3, 0.4) is 0 Å². The number of aryl methyl sites for hydroxylation is 1. The molecule has 5 heteroatoms. The summed E-state index contributed by atoms with van der Waals surface area (Å²) in [6.07, 6.45) is 0.723. The van der Waals surface area contributed by atoms with Gasteiger partial charge in [0, 0.05) is 11.1 Å². The van der Waals surface area contributed by atoms with Crippen molar-refractivity contribution in [3.8, 4) is 5.75 Å². The van der Waals surface area contributed by atoms with Gasteiger partial charge in [0.25, 0.3) is 0 Å². The molecule has 0 fully saturated rings. The van der Waals surface area contributed by atoms with Crippen LogP contribution in [0.15, 0.2) is 42.5 Å². The molecule has 0 amide bonds. The molecule has 26 heavy (non-hydrogen) atoms. The lowest BCUT2D eigenvalue weighted by Gasteiger charge is -2.13. The number of hydrogen-bond donors (Lipinski definition) is 0. The number of fused-ring (bicyclic) bond motifs is 1. The molecule has 0 unspecified atom stereocenters. The van der Waals surface area contributed by atoms with Crippen LogP contribution in [0.5, 0.6) is 5.75 Å². The number of aromatic nitrogens is 1. The molecule has 0 radical (unpaired) electrons. The maximum Gasteiger partial charge on any atom is 0.339 e. The van der Waals surface area contributed by atoms with Crippen LogP contribution >= 0.6 is 0 Å². The second-order valence-electron chi connectivity index (χ2n) is 5.97. The number of ether oxygens (including phenoxy) is 2. The van der Waals surface area contributed by atoms with E-state index in [0.29, 0.717) is 11.1 Å². The molecular formula is C21H20FNO3. The Balaban J connectivity index is 1.90. The lowest BCUT2D eigenvalue weighted by Crippen LogP contribution is -2.11. The number of carbonyl (C=O) groups is 1. The van der Waals surface area contributed by atoms with E-state index in [1.54, 1.807) is 6.07 Å². The first-order valence-electron chi connectivity index (χ1n) is 8.43. The van der Waals surface area contributed by atoms with Crippen molar-refractivity contribution < 1.29 is 18.7 Å². The predicted molar refractivity (Wildman–Crippen MR) is 97.9 cm³/mol. The van der Waals surface area contributed by atoms with Gasteiger partial charge in [0.15, 0.2) is 11.6 Å². The number of halogens is 1. The quantitative estimate of drug-likeness (QED) is 0.629. The molecular weight excluding hydrogens is 333 g/mol. The highest BCUT2D eigenvalue weighted by Gasteiger charge is 2.18. The molecule has 0 bridgehead atoms. The predicted octanol–water partition coefficient (Wildman–Crippen LogP) is 4.61. The maximum atomic E-state index is 13.8. The number of para-hydroxylation sites is 1. The van der Waals surface area contributed by atoms with E-state index in [4.69, 9.17) is 9.47 Å². The molecule has 0 aliphatic rings. The first kappa shape index (κ1) is 17.9. The molecule has 4 nitrogen and oxygen atoms in total. The molecule has 0 saturated carbocycles. The molecule has 1 aromatic heterocycles. The SMILES string of the molecule is CCc1nc2ccccc2c(C(=O)OCc2ccc(OC)c(F)c2)c1C. The summed E-state index contributed by atoms with van der Waals surface area (Å²) in [4.78, 5) is 17.4. The van der Waals surface area contributed by atoms with Gasteiger partial charge in [-0.2, -0.15) is 0 Å². The van der Waals surface area contributed by atoms with Crippen molar-refractivity contribution in [3.63, 3.8) is 0 Å². The fourth-order valence-corrected chi connectivity index (χ4v) is 2.99. The Morgan fingerprint density at radius 2 is 1.96 bits per heavy atom. The summed E-state index contributed by atoms with van der Waals surface area (Å²) in [5, 5.41) is 0.758. The second-order valence-corrected chi connectivity index (χ2v) is 5.97. The summed E-state index contributed by atoms with van der Waals surface area (Å²) in [7, 11) is 1.40. The minimum atomic E-state index is -0.486. The molecule has 3 rings (SSSR count). The third kappa shape index (κ3) is 3.38. The van der Waals surface area contributed by atoms with E-state index in [0.717, 1.165) is 28.6 Å². The minimum absolute atomic E-state index is 0.0166. The van der Waals surface area contributed by atoms with Crippen LogP contribution in [0, 0.1) is 12.7 Å². The highest BCUT2D eigenvalue weighted by atomic mass is 19.1. The average molecular weight is 353 g/mol. The summed E-state index contributed by atoms with van der Waals surface area (Å²) in [6.45, 7) is 3.86. The van der Waals surface area contributed by atoms with Gasteiger partial charge in [0.1, 0.15) is 6.61 Å². The van der Waals surface area contributed by atoms with Crippen LogP contribution in [-0.2, 0) is 17.8 Å². The molecule has 0 atom stereocenters. The van der Waals surface area contributed by atoms with Gasteiger partial charge in [-0.1, -0.05) is 31.2 Å². The van der Waals surface area contributed by atoms with E-state index >= 15 is 0 Å². The molecule has 0 N–H and O–H groups in total. The third-order valence-electron chi connectivity index (χ3n) is 4.36. The minimum Gasteiger partial charge on any atom is -0.494 e. The molecule has 0 aliphatic heterocycles. The zero-order valence-corrected chi connectivity index (χ0v) is 15.0. The Kier molecular flexibility index (Phi) is 5.16. The summed E-state index contributed by atoms with van der Waals surface area (Å²) >= 11 is 0. The number of nitrogens with zero attached hydrogens (tertiary/aromatic N) is 1. The molecule has 0 spiro atoms. The van der Waals surface area contributed by atoms with Crippen LogP contribution in [0.4, 0.5) is 4.39 Å². The van der Waals surface area contributed by atoms with Crippen LogP contribution in [0.2, 0.25) is 0 Å². The van der Waals surface area contributed by atoms with Crippen molar-refractivity contribution >= 4 is 16.9 Å². The molecule has 134 valence electrons. The fourth-order valence-electron chi connectivity index (χ4n) is 2.99. The molecule has 2 aromatic carbocycles. The van der Waals surface area contributed by atoms with E-state index in [9.17, 15) is 9.18 Å². The van der Waals surface area contributed by atoms with Crippen LogP contribution in [0.1, 0.15) is 34.1 Å². The highest BCUT2D eigenvalue weighted by molar-refractivity contribution is 6.05. The topological polar surface area (TPSA) is 48.4 Å². The van der Waals surface area contributed by atoms with Gasteiger partial charge in [-0.25, -0.2) is 9.18 Å². The second kappa shape index (κ2) is 7.52. The Hall–Kier alpha value is -2.95. The zero-order chi connectivity index (χ0) is 18.7. The molecule has 0 aliphatic carbocycles. The number of benzene rings is 2. The van der Waals surface area contributed by atoms with E-state index in [1.807, 2.05) is 38.1 Å². The summed E-state index contributed by atoms with van der Waals surface area (Å²) in [6, 6.07) is 12.0. The standard InChI is InChI=1S/C21H20FNO3/c1-4-17-13(2)20(15-7-5-6-8-18(15)23-17)21(24)26-12-14-9-10-19(25-3)16(22)11-14/h5-11H,4,12H2,1-3H3. The van der Waals surface area contributed by atoms with Gasteiger partial charge < -0.3 is 9.47 Å². The number of hydrogen-bond acceptors (Lipinski definition) is 4. The smallest absolute Gasteiger partial charge is 0.339 e. The van der Waals surface area contributed by atoms with Gasteiger partial charge in [-0.3, -0.25) is 4.98 Å². The molecule has 1 heterocycles. The Morgan fingerprint density at radius 1 is 1.19 bits per heavy atom. The number of carbonyl (C=O) groups excluding carboxylic acids is 1. The Bertz CT molecular complexity index is 969. The van der Waals surface area contributed by atoms with Crippen molar-refractivity contribution in [1.82, 2.24) is 4.98 Å². The van der Waals surface area contributed by atoms with Crippen LogP contribution in [0.25, 0.3) is 10.9 Å². The van der Waals surface area contributed by atoms with Gasteiger partial charge in [0.2, 0.25) is 0 Å². The lowest BCUT2D eigenvalue weighted by molar-refractivity contribution is 0.0473. The normalized spacial score (nSPS) is 10.8. The summed E-state index contributed by atoms with van der Waals surface area (Å²) in [5.41, 5.74) is 3.52. The van der Waals surface area contributed by atoms with Crippen molar-refractivity contribution in [2.24, 2.45) is 0 Å². The van der Waals surface area contributed by atoms with E-state index in [-0.39, 0.29) is 12.4 Å². The number of rotatable bonds is 5. The average Bonchev–Trinajstić information content (AvgIpc) is 2.65. The van der Waals surface area contributed by atoms with Crippen molar-refractivity contribution in [2.45, 2.75) is 26.9 Å².